The molecule has 12 rings (SSSR count). The maximum Gasteiger partial charge on any atom is 0.160 e. The Morgan fingerprint density at radius 3 is 1.32 bits per heavy atom. The highest BCUT2D eigenvalue weighted by Crippen LogP contribution is 2.39. The summed E-state index contributed by atoms with van der Waals surface area (Å²) < 4.78 is 2.36. The molecule has 3 heteroatoms. The molecule has 0 saturated carbocycles. The van der Waals surface area contributed by atoms with Gasteiger partial charge in [0.15, 0.2) is 5.82 Å². The van der Waals surface area contributed by atoms with Crippen LogP contribution >= 0.6 is 0 Å². The van der Waals surface area contributed by atoms with Crippen LogP contribution < -0.4 is 0 Å². The number of hydrogen-bond donors (Lipinski definition) is 0. The summed E-state index contributed by atoms with van der Waals surface area (Å²) in [6.07, 6.45) is 0. The maximum atomic E-state index is 5.31. The van der Waals surface area contributed by atoms with E-state index in [0.717, 1.165) is 44.7 Å². The number of rotatable bonds is 8. The number of aromatic nitrogens is 3. The van der Waals surface area contributed by atoms with Gasteiger partial charge < -0.3 is 4.57 Å². The first-order valence-corrected chi connectivity index (χ1v) is 22.1. The molecular weight excluding hydrogens is 787 g/mol. The monoisotopic (exact) mass is 827 g/mol. The van der Waals surface area contributed by atoms with E-state index in [-0.39, 0.29) is 0 Å². The summed E-state index contributed by atoms with van der Waals surface area (Å²) in [6, 6.07) is 88.8. The molecule has 12 aromatic rings. The van der Waals surface area contributed by atoms with Crippen molar-refractivity contribution in [3.63, 3.8) is 0 Å². The Kier molecular flexibility index (Phi) is 9.50. The second-order valence-electron chi connectivity index (χ2n) is 16.6. The van der Waals surface area contributed by atoms with E-state index < -0.39 is 0 Å². The minimum Gasteiger partial charge on any atom is -0.309 e. The molecule has 0 radical (unpaired) electrons. The zero-order valence-corrected chi connectivity index (χ0v) is 35.5. The highest BCUT2D eigenvalue weighted by molar-refractivity contribution is 6.10. The summed E-state index contributed by atoms with van der Waals surface area (Å²) in [7, 11) is 0. The summed E-state index contributed by atoms with van der Waals surface area (Å²) in [4.78, 5) is 10.5. The zero-order valence-electron chi connectivity index (χ0n) is 35.5. The van der Waals surface area contributed by atoms with Crippen molar-refractivity contribution in [2.45, 2.75) is 0 Å². The fraction of sp³-hybridized carbons (Fsp3) is 0. The molecule has 10 aromatic carbocycles. The van der Waals surface area contributed by atoms with Crippen molar-refractivity contribution in [2.24, 2.45) is 0 Å². The lowest BCUT2D eigenvalue weighted by molar-refractivity contribution is 1.18. The Morgan fingerprint density at radius 1 is 0.246 bits per heavy atom. The van der Waals surface area contributed by atoms with Gasteiger partial charge in [0.25, 0.3) is 0 Å². The summed E-state index contributed by atoms with van der Waals surface area (Å²) in [5, 5.41) is 4.82. The molecule has 0 saturated heterocycles. The largest absolute Gasteiger partial charge is 0.309 e. The summed E-state index contributed by atoms with van der Waals surface area (Å²) in [5.41, 5.74) is 17.8. The minimum atomic E-state index is 0.691. The van der Waals surface area contributed by atoms with Gasteiger partial charge in [0.05, 0.1) is 22.4 Å². The van der Waals surface area contributed by atoms with Gasteiger partial charge in [-0.2, -0.15) is 0 Å². The van der Waals surface area contributed by atoms with Gasteiger partial charge in [0.1, 0.15) is 0 Å². The number of hydrogen-bond acceptors (Lipinski definition) is 2. The van der Waals surface area contributed by atoms with E-state index >= 15 is 0 Å². The third-order valence-electron chi connectivity index (χ3n) is 12.7. The van der Waals surface area contributed by atoms with Gasteiger partial charge in [-0.25, -0.2) is 9.97 Å². The zero-order chi connectivity index (χ0) is 43.1. The SMILES string of the molecule is c1ccc(-c2ccc(-c3cc(-c4ccc(-c5ccc(-c6ccc7c(c6)c6ccccc6n7-c6ccccc6)cc5)c5ccccc45)nc(-c4ccc(-c5ccccc5)cc4)n3)cc2)cc1. The molecule has 3 nitrogen and oxygen atoms in total. The molecule has 0 atom stereocenters. The number of nitrogens with zero attached hydrogens (tertiary/aromatic N) is 3. The van der Waals surface area contributed by atoms with E-state index in [1.165, 1.54) is 66.1 Å². The predicted octanol–water partition coefficient (Wildman–Crippen LogP) is 16.4. The van der Waals surface area contributed by atoms with Crippen molar-refractivity contribution >= 4 is 32.6 Å². The van der Waals surface area contributed by atoms with E-state index in [1.807, 2.05) is 6.07 Å². The van der Waals surface area contributed by atoms with Gasteiger partial charge in [0.2, 0.25) is 0 Å². The third kappa shape index (κ3) is 7.06. The Labute approximate surface area is 378 Å². The van der Waals surface area contributed by atoms with E-state index in [0.29, 0.717) is 5.82 Å². The topological polar surface area (TPSA) is 30.7 Å². The first-order valence-electron chi connectivity index (χ1n) is 22.1. The lowest BCUT2D eigenvalue weighted by atomic mass is 9.92. The van der Waals surface area contributed by atoms with Gasteiger partial charge in [-0.05, 0) is 91.7 Å². The Bertz CT molecular complexity index is 3550. The van der Waals surface area contributed by atoms with Crippen molar-refractivity contribution < 1.29 is 0 Å². The lowest BCUT2D eigenvalue weighted by Gasteiger charge is -2.14. The quantitative estimate of drug-likeness (QED) is 0.153. The molecule has 304 valence electrons. The number of benzene rings is 10. The molecule has 0 aliphatic carbocycles. The van der Waals surface area contributed by atoms with E-state index in [9.17, 15) is 0 Å². The molecule has 0 spiro atoms. The van der Waals surface area contributed by atoms with Crippen LogP contribution in [0.5, 0.6) is 0 Å². The van der Waals surface area contributed by atoms with Crippen molar-refractivity contribution in [3.05, 3.63) is 249 Å². The highest BCUT2D eigenvalue weighted by atomic mass is 15.0. The highest BCUT2D eigenvalue weighted by Gasteiger charge is 2.17. The van der Waals surface area contributed by atoms with E-state index in [4.69, 9.17) is 9.97 Å². The molecule has 2 heterocycles. The smallest absolute Gasteiger partial charge is 0.160 e. The Balaban J connectivity index is 0.923. The van der Waals surface area contributed by atoms with E-state index in [1.54, 1.807) is 0 Å². The van der Waals surface area contributed by atoms with Crippen LogP contribution in [0.25, 0.3) is 117 Å². The maximum absolute atomic E-state index is 5.31. The summed E-state index contributed by atoms with van der Waals surface area (Å²) >= 11 is 0. The molecule has 0 unspecified atom stereocenters. The molecule has 0 fully saturated rings. The summed E-state index contributed by atoms with van der Waals surface area (Å²) in [6.45, 7) is 0. The van der Waals surface area contributed by atoms with Gasteiger partial charge in [-0.3, -0.25) is 0 Å². The predicted molar refractivity (Wildman–Crippen MR) is 272 cm³/mol. The van der Waals surface area contributed by atoms with Crippen LogP contribution in [0, 0.1) is 0 Å². The van der Waals surface area contributed by atoms with Crippen LogP contribution in [0.1, 0.15) is 0 Å². The van der Waals surface area contributed by atoms with Crippen molar-refractivity contribution in [3.8, 4) is 84.1 Å². The molecule has 2 aromatic heterocycles. The van der Waals surface area contributed by atoms with Crippen molar-refractivity contribution in [1.29, 1.82) is 0 Å². The Hall–Kier alpha value is -8.66. The number of fused-ring (bicyclic) bond motifs is 4. The van der Waals surface area contributed by atoms with Crippen LogP contribution in [0.15, 0.2) is 249 Å². The average molecular weight is 828 g/mol. The molecule has 0 bridgehead atoms. The van der Waals surface area contributed by atoms with Crippen LogP contribution in [-0.2, 0) is 0 Å². The fourth-order valence-electron chi connectivity index (χ4n) is 9.39. The van der Waals surface area contributed by atoms with Gasteiger partial charge in [-0.15, -0.1) is 0 Å². The van der Waals surface area contributed by atoms with Gasteiger partial charge in [-0.1, -0.05) is 212 Å². The molecule has 0 aliphatic heterocycles. The normalized spacial score (nSPS) is 11.4. The molecule has 0 amide bonds. The molecule has 0 N–H and O–H groups in total. The van der Waals surface area contributed by atoms with Crippen molar-refractivity contribution in [1.82, 2.24) is 14.5 Å². The van der Waals surface area contributed by atoms with Crippen LogP contribution in [-0.4, -0.2) is 14.5 Å². The minimum absolute atomic E-state index is 0.691. The molecule has 0 aliphatic rings. The first kappa shape index (κ1) is 38.0. The fourth-order valence-corrected chi connectivity index (χ4v) is 9.39. The standard InChI is InChI=1S/C62H41N3/c1-4-14-42(15-5-1)44-26-32-48(33-27-44)58-41-59(64-62(63-58)49-34-28-45(29-35-49)43-16-6-2-7-17-43)55-38-37-52(53-20-10-11-21-54(53)55)47-30-24-46(25-31-47)50-36-39-61-57(40-50)56-22-12-13-23-60(56)65(61)51-18-8-3-9-19-51/h1-41H. The van der Waals surface area contributed by atoms with Crippen LogP contribution in [0.3, 0.4) is 0 Å². The third-order valence-corrected chi connectivity index (χ3v) is 12.7. The molecule has 65 heavy (non-hydrogen) atoms. The molecular formula is C62H41N3. The summed E-state index contributed by atoms with van der Waals surface area (Å²) in [5.74, 6) is 0.691. The lowest BCUT2D eigenvalue weighted by Crippen LogP contribution is -1.97. The van der Waals surface area contributed by atoms with Gasteiger partial charge >= 0.3 is 0 Å². The second kappa shape index (κ2) is 16.2. The van der Waals surface area contributed by atoms with E-state index in [2.05, 4.69) is 247 Å². The second-order valence-corrected chi connectivity index (χ2v) is 16.6. The Morgan fingerprint density at radius 2 is 0.677 bits per heavy atom. The number of para-hydroxylation sites is 2. The first-order chi connectivity index (χ1) is 32.2. The van der Waals surface area contributed by atoms with Gasteiger partial charge in [0, 0.05) is 33.2 Å². The van der Waals surface area contributed by atoms with Crippen LogP contribution in [0.2, 0.25) is 0 Å². The van der Waals surface area contributed by atoms with Crippen molar-refractivity contribution in [2.75, 3.05) is 0 Å². The average Bonchev–Trinajstić information content (AvgIpc) is 3.73. The van der Waals surface area contributed by atoms with Crippen LogP contribution in [0.4, 0.5) is 0 Å².